The van der Waals surface area contributed by atoms with E-state index in [1.54, 1.807) is 11.9 Å². The summed E-state index contributed by atoms with van der Waals surface area (Å²) in [6, 6.07) is 0. The molecule has 2 unspecified atom stereocenters. The standard InChI is InChI=1S/C27H48N4O4/c1-26(2,3)35-25(33)30(7)14-13-29(6)17-21-18-31(23-10-8-9-15-34-23)28-24(21)20-11-12-27(4,5)22(16-20)19-32/h18,20,22-23,32H,8-17,19H2,1-7H3/t20?,22-,23?/m0/s1. The van der Waals surface area contributed by atoms with Crippen molar-refractivity contribution in [3.05, 3.63) is 17.5 Å². The Morgan fingerprint density at radius 1 is 1.26 bits per heavy atom. The van der Waals surface area contributed by atoms with E-state index in [4.69, 9.17) is 14.6 Å². The molecule has 35 heavy (non-hydrogen) atoms. The molecule has 200 valence electrons. The minimum absolute atomic E-state index is 0.00790. The Bertz CT molecular complexity index is 826. The van der Waals surface area contributed by atoms with Crippen LogP contribution >= 0.6 is 0 Å². The number of amides is 1. The maximum atomic E-state index is 12.3. The summed E-state index contributed by atoms with van der Waals surface area (Å²) in [6.07, 6.45) is 8.29. The minimum atomic E-state index is -0.497. The fourth-order valence-corrected chi connectivity index (χ4v) is 5.21. The zero-order valence-corrected chi connectivity index (χ0v) is 23.0. The number of aliphatic hydroxyl groups is 1. The first-order valence-corrected chi connectivity index (χ1v) is 13.3. The van der Waals surface area contributed by atoms with Gasteiger partial charge in [-0.25, -0.2) is 9.48 Å². The number of likely N-dealkylation sites (N-methyl/N-ethyl adjacent to an activating group) is 2. The number of carbonyl (C=O) groups is 1. The van der Waals surface area contributed by atoms with Crippen LogP contribution < -0.4 is 0 Å². The summed E-state index contributed by atoms with van der Waals surface area (Å²) in [5, 5.41) is 15.1. The third kappa shape index (κ3) is 7.67. The number of hydrogen-bond acceptors (Lipinski definition) is 6. The van der Waals surface area contributed by atoms with Gasteiger partial charge in [-0.15, -0.1) is 0 Å². The second-order valence-electron chi connectivity index (χ2n) is 12.3. The van der Waals surface area contributed by atoms with E-state index in [0.717, 1.165) is 63.9 Å². The summed E-state index contributed by atoms with van der Waals surface area (Å²) in [5.74, 6) is 0.628. The van der Waals surface area contributed by atoms with Crippen molar-refractivity contribution in [2.24, 2.45) is 11.3 Å². The zero-order valence-electron chi connectivity index (χ0n) is 23.0. The van der Waals surface area contributed by atoms with Gasteiger partial charge >= 0.3 is 6.09 Å². The third-order valence-electron chi connectivity index (χ3n) is 7.67. The summed E-state index contributed by atoms with van der Waals surface area (Å²) in [5.41, 5.74) is 2.04. The van der Waals surface area contributed by atoms with E-state index in [9.17, 15) is 9.90 Å². The number of aliphatic hydroxyl groups excluding tert-OH is 1. The molecule has 8 heteroatoms. The molecule has 3 rings (SSSR count). The van der Waals surface area contributed by atoms with Crippen molar-refractivity contribution in [3.63, 3.8) is 0 Å². The van der Waals surface area contributed by atoms with E-state index in [1.807, 2.05) is 25.5 Å². The molecule has 2 aliphatic rings. The normalized spacial score (nSPS) is 25.0. The summed E-state index contributed by atoms with van der Waals surface area (Å²) >= 11 is 0. The number of ether oxygens (including phenoxy) is 2. The van der Waals surface area contributed by atoms with Gasteiger partial charge in [0.25, 0.3) is 0 Å². The summed E-state index contributed by atoms with van der Waals surface area (Å²) in [4.78, 5) is 16.2. The smallest absolute Gasteiger partial charge is 0.410 e. The number of hydrogen-bond donors (Lipinski definition) is 1. The lowest BCUT2D eigenvalue weighted by Crippen LogP contribution is -2.38. The highest BCUT2D eigenvalue weighted by Crippen LogP contribution is 2.47. The van der Waals surface area contributed by atoms with Crippen LogP contribution in [0.5, 0.6) is 0 Å². The molecule has 0 bridgehead atoms. The van der Waals surface area contributed by atoms with Gasteiger partial charge in [0.15, 0.2) is 0 Å². The SMILES string of the molecule is CN(CCN(C)C(=O)OC(C)(C)C)Cc1cn(C2CCCCO2)nc1C1CCC(C)(C)[C@H](CO)C1. The molecular formula is C27H48N4O4. The van der Waals surface area contributed by atoms with E-state index in [2.05, 4.69) is 32.0 Å². The molecule has 1 saturated heterocycles. The Balaban J connectivity index is 1.71. The summed E-state index contributed by atoms with van der Waals surface area (Å²) in [7, 11) is 3.87. The zero-order chi connectivity index (χ0) is 25.8. The Morgan fingerprint density at radius 3 is 2.63 bits per heavy atom. The van der Waals surface area contributed by atoms with Crippen LogP contribution in [0.15, 0.2) is 6.20 Å². The third-order valence-corrected chi connectivity index (χ3v) is 7.67. The van der Waals surface area contributed by atoms with Crippen molar-refractivity contribution in [2.75, 3.05) is 40.4 Å². The molecule has 1 saturated carbocycles. The predicted molar refractivity (Wildman–Crippen MR) is 137 cm³/mol. The lowest BCUT2D eigenvalue weighted by molar-refractivity contribution is -0.0399. The lowest BCUT2D eigenvalue weighted by Gasteiger charge is -2.41. The van der Waals surface area contributed by atoms with Crippen LogP contribution in [-0.2, 0) is 16.0 Å². The van der Waals surface area contributed by atoms with Crippen molar-refractivity contribution in [1.82, 2.24) is 19.6 Å². The van der Waals surface area contributed by atoms with Crippen molar-refractivity contribution in [2.45, 2.75) is 97.4 Å². The molecule has 0 aromatic carbocycles. The molecule has 1 aliphatic carbocycles. The molecular weight excluding hydrogens is 444 g/mol. The van der Waals surface area contributed by atoms with Crippen molar-refractivity contribution >= 4 is 6.09 Å². The van der Waals surface area contributed by atoms with Crippen LogP contribution in [0.4, 0.5) is 4.79 Å². The summed E-state index contributed by atoms with van der Waals surface area (Å²) < 4.78 is 13.6. The van der Waals surface area contributed by atoms with Crippen molar-refractivity contribution < 1.29 is 19.4 Å². The van der Waals surface area contributed by atoms with Gasteiger partial charge < -0.3 is 24.4 Å². The van der Waals surface area contributed by atoms with Gasteiger partial charge in [0.1, 0.15) is 11.8 Å². The first kappa shape index (κ1) is 27.9. The van der Waals surface area contributed by atoms with Gasteiger partial charge in [0.05, 0.1) is 5.69 Å². The molecule has 1 amide bonds. The van der Waals surface area contributed by atoms with Crippen LogP contribution in [0.25, 0.3) is 0 Å². The molecule has 1 aromatic rings. The average Bonchev–Trinajstić information content (AvgIpc) is 3.20. The molecule has 2 fully saturated rings. The molecule has 8 nitrogen and oxygen atoms in total. The molecule has 1 aromatic heterocycles. The first-order valence-electron chi connectivity index (χ1n) is 13.3. The first-order chi connectivity index (χ1) is 16.4. The van der Waals surface area contributed by atoms with E-state index in [-0.39, 0.29) is 30.3 Å². The van der Waals surface area contributed by atoms with Crippen LogP contribution in [-0.4, -0.2) is 76.8 Å². The largest absolute Gasteiger partial charge is 0.444 e. The number of carbonyl (C=O) groups excluding carboxylic acids is 1. The summed E-state index contributed by atoms with van der Waals surface area (Å²) in [6.45, 7) is 13.3. The molecule has 1 aliphatic heterocycles. The van der Waals surface area contributed by atoms with Crippen LogP contribution in [0.1, 0.15) is 96.5 Å². The molecule has 1 N–H and O–H groups in total. The molecule has 0 spiro atoms. The van der Waals surface area contributed by atoms with Crippen molar-refractivity contribution in [3.8, 4) is 0 Å². The number of aromatic nitrogens is 2. The van der Waals surface area contributed by atoms with Crippen molar-refractivity contribution in [1.29, 1.82) is 0 Å². The van der Waals surface area contributed by atoms with Gasteiger partial charge in [0, 0.05) is 57.6 Å². The van der Waals surface area contributed by atoms with Gasteiger partial charge in [-0.2, -0.15) is 5.10 Å². The number of rotatable bonds is 8. The Hall–Kier alpha value is -1.64. The van der Waals surface area contributed by atoms with Crippen LogP contribution in [0.3, 0.4) is 0 Å². The topological polar surface area (TPSA) is 80.1 Å². The van der Waals surface area contributed by atoms with Gasteiger partial charge in [-0.05, 0) is 77.7 Å². The Kier molecular flexibility index (Phi) is 9.27. The monoisotopic (exact) mass is 492 g/mol. The maximum Gasteiger partial charge on any atom is 0.410 e. The second kappa shape index (κ2) is 11.6. The molecule has 3 atom stereocenters. The highest BCUT2D eigenvalue weighted by molar-refractivity contribution is 5.67. The second-order valence-corrected chi connectivity index (χ2v) is 12.3. The van der Waals surface area contributed by atoms with Gasteiger partial charge in [-0.3, -0.25) is 0 Å². The average molecular weight is 493 g/mol. The molecule has 0 radical (unpaired) electrons. The quantitative estimate of drug-likeness (QED) is 0.562. The van der Waals surface area contributed by atoms with E-state index in [1.165, 1.54) is 5.56 Å². The van der Waals surface area contributed by atoms with E-state index < -0.39 is 5.60 Å². The van der Waals surface area contributed by atoms with Crippen LogP contribution in [0, 0.1) is 11.3 Å². The Labute approximate surface area is 211 Å². The lowest BCUT2D eigenvalue weighted by atomic mass is 9.65. The predicted octanol–water partition coefficient (Wildman–Crippen LogP) is 4.78. The fraction of sp³-hybridized carbons (Fsp3) is 0.852. The van der Waals surface area contributed by atoms with Gasteiger partial charge in [0.2, 0.25) is 0 Å². The van der Waals surface area contributed by atoms with E-state index in [0.29, 0.717) is 12.5 Å². The number of nitrogens with zero attached hydrogens (tertiary/aromatic N) is 4. The Morgan fingerprint density at radius 2 is 2.00 bits per heavy atom. The highest BCUT2D eigenvalue weighted by atomic mass is 16.6. The van der Waals surface area contributed by atoms with Crippen LogP contribution in [0.2, 0.25) is 0 Å². The maximum absolute atomic E-state index is 12.3. The highest BCUT2D eigenvalue weighted by Gasteiger charge is 2.38. The fourth-order valence-electron chi connectivity index (χ4n) is 5.21. The van der Waals surface area contributed by atoms with Gasteiger partial charge in [-0.1, -0.05) is 13.8 Å². The molecule has 2 heterocycles. The van der Waals surface area contributed by atoms with E-state index >= 15 is 0 Å². The minimum Gasteiger partial charge on any atom is -0.444 e.